The third kappa shape index (κ3) is 3.74. The summed E-state index contributed by atoms with van der Waals surface area (Å²) in [6.07, 6.45) is 0. The fourth-order valence-electron chi connectivity index (χ4n) is 2.95. The number of halogens is 1. The maximum Gasteiger partial charge on any atom is 0.311 e. The number of nitro groups is 1. The van der Waals surface area contributed by atoms with E-state index < -0.39 is 10.5 Å². The van der Waals surface area contributed by atoms with Crippen LogP contribution in [-0.2, 0) is 6.54 Å². The van der Waals surface area contributed by atoms with Crippen LogP contribution in [-0.4, -0.2) is 31.6 Å². The number of benzene rings is 2. The summed E-state index contributed by atoms with van der Waals surface area (Å²) in [5.41, 5.74) is 0.678. The molecule has 1 aliphatic rings. The van der Waals surface area contributed by atoms with Crippen LogP contribution in [0.4, 0.5) is 5.69 Å². The number of nitrogens with zero attached hydrogens (tertiary/aromatic N) is 2. The van der Waals surface area contributed by atoms with Crippen molar-refractivity contribution in [2.75, 3.05) is 0 Å². The third-order valence-electron chi connectivity index (χ3n) is 4.31. The number of hydrogen-bond acceptors (Lipinski definition) is 6. The van der Waals surface area contributed by atoms with Crippen LogP contribution in [0.5, 0.6) is 5.75 Å². The molecule has 8 heteroatoms. The number of nitro benzene ring substituents is 1. The first kappa shape index (κ1) is 18.0. The molecule has 0 spiro atoms. The van der Waals surface area contributed by atoms with E-state index >= 15 is 0 Å². The highest BCUT2D eigenvalue weighted by Crippen LogP contribution is 2.46. The number of aliphatic hydroxyl groups is 1. The van der Waals surface area contributed by atoms with Gasteiger partial charge in [-0.05, 0) is 36.2 Å². The Labute approximate surface area is 154 Å². The van der Waals surface area contributed by atoms with E-state index in [0.717, 1.165) is 5.56 Å². The molecule has 3 rings (SSSR count). The molecule has 0 aliphatic carbocycles. The van der Waals surface area contributed by atoms with Crippen LogP contribution < -0.4 is 0 Å². The lowest BCUT2D eigenvalue weighted by molar-refractivity contribution is -0.385. The van der Waals surface area contributed by atoms with Crippen LogP contribution in [0, 0.1) is 10.1 Å². The third-order valence-corrected chi connectivity index (χ3v) is 6.04. The molecule has 0 amide bonds. The summed E-state index contributed by atoms with van der Waals surface area (Å²) in [7, 11) is 0. The molecule has 132 valence electrons. The van der Waals surface area contributed by atoms with E-state index in [4.69, 9.17) is 11.6 Å². The molecule has 1 heterocycles. The van der Waals surface area contributed by atoms with Crippen LogP contribution in [0.15, 0.2) is 42.5 Å². The first-order valence-corrected chi connectivity index (χ1v) is 9.00. The molecule has 2 N–H and O–H groups in total. The van der Waals surface area contributed by atoms with Crippen LogP contribution in [0.25, 0.3) is 0 Å². The van der Waals surface area contributed by atoms with Crippen molar-refractivity contribution in [3.8, 4) is 5.75 Å². The van der Waals surface area contributed by atoms with Crippen molar-refractivity contribution in [3.05, 3.63) is 68.7 Å². The van der Waals surface area contributed by atoms with Gasteiger partial charge in [0.1, 0.15) is 0 Å². The van der Waals surface area contributed by atoms with Gasteiger partial charge in [0, 0.05) is 28.9 Å². The van der Waals surface area contributed by atoms with E-state index in [1.54, 1.807) is 6.07 Å². The molecular weight excluding hydrogens is 364 g/mol. The minimum Gasteiger partial charge on any atom is -0.502 e. The predicted molar refractivity (Wildman–Crippen MR) is 97.6 cm³/mol. The topological polar surface area (TPSA) is 86.8 Å². The average Bonchev–Trinajstić information content (AvgIpc) is 2.85. The van der Waals surface area contributed by atoms with Gasteiger partial charge in [-0.25, -0.2) is 0 Å². The van der Waals surface area contributed by atoms with Crippen molar-refractivity contribution in [2.24, 2.45) is 0 Å². The van der Waals surface area contributed by atoms with E-state index in [1.807, 2.05) is 36.1 Å². The van der Waals surface area contributed by atoms with Crippen LogP contribution in [0.1, 0.15) is 23.3 Å². The van der Waals surface area contributed by atoms with Crippen molar-refractivity contribution in [1.29, 1.82) is 0 Å². The Balaban J connectivity index is 1.80. The van der Waals surface area contributed by atoms with Gasteiger partial charge >= 0.3 is 5.69 Å². The summed E-state index contributed by atoms with van der Waals surface area (Å²) in [6, 6.07) is 11.8. The molecule has 6 nitrogen and oxygen atoms in total. The van der Waals surface area contributed by atoms with E-state index in [0.29, 0.717) is 17.1 Å². The first-order valence-electron chi connectivity index (χ1n) is 7.68. The molecule has 1 fully saturated rings. The van der Waals surface area contributed by atoms with Crippen LogP contribution >= 0.6 is 23.4 Å². The molecule has 3 unspecified atom stereocenters. The minimum absolute atomic E-state index is 0.0223. The van der Waals surface area contributed by atoms with E-state index in [1.165, 1.54) is 23.9 Å². The quantitative estimate of drug-likeness (QED) is 0.617. The highest BCUT2D eigenvalue weighted by atomic mass is 35.5. The van der Waals surface area contributed by atoms with Gasteiger partial charge in [-0.1, -0.05) is 29.8 Å². The molecule has 1 aliphatic heterocycles. The highest BCUT2D eigenvalue weighted by molar-refractivity contribution is 8.00. The molecule has 2 aromatic carbocycles. The van der Waals surface area contributed by atoms with Gasteiger partial charge in [0.15, 0.2) is 11.3 Å². The molecule has 0 aromatic heterocycles. The van der Waals surface area contributed by atoms with Crippen LogP contribution in [0.2, 0.25) is 5.02 Å². The number of hydrogen-bond donors (Lipinski definition) is 2. The molecule has 0 bridgehead atoms. The maximum absolute atomic E-state index is 11.0. The molecular formula is C17H17ClN2O4S. The Morgan fingerprint density at radius 1 is 1.28 bits per heavy atom. The van der Waals surface area contributed by atoms with Gasteiger partial charge in [-0.2, -0.15) is 0 Å². The number of phenols is 1. The van der Waals surface area contributed by atoms with Crippen molar-refractivity contribution >= 4 is 29.1 Å². The zero-order valence-electron chi connectivity index (χ0n) is 13.4. The zero-order chi connectivity index (χ0) is 18.1. The highest BCUT2D eigenvalue weighted by Gasteiger charge is 2.39. The van der Waals surface area contributed by atoms with Gasteiger partial charge < -0.3 is 10.2 Å². The monoisotopic (exact) mass is 380 g/mol. The van der Waals surface area contributed by atoms with Crippen molar-refractivity contribution < 1.29 is 15.1 Å². The fourth-order valence-corrected chi connectivity index (χ4v) is 4.46. The summed E-state index contributed by atoms with van der Waals surface area (Å²) in [6.45, 7) is 2.36. The minimum atomic E-state index is -0.719. The Hall–Kier alpha value is -1.80. The SMILES string of the molecule is CC1C(c2ccc(Cl)cc2)SC(O)N1Cc1ccc(O)c([N+](=O)[O-])c1. The molecule has 0 saturated carbocycles. The summed E-state index contributed by atoms with van der Waals surface area (Å²) in [5.74, 6) is -0.364. The molecule has 1 saturated heterocycles. The summed E-state index contributed by atoms with van der Waals surface area (Å²) in [5, 5.41) is 31.7. The summed E-state index contributed by atoms with van der Waals surface area (Å²) in [4.78, 5) is 12.2. The second-order valence-corrected chi connectivity index (χ2v) is 7.57. The standard InChI is InChI=1S/C17H17ClN2O4S/c1-10-16(12-3-5-13(18)6-4-12)25-17(22)19(10)9-11-2-7-15(21)14(8-11)20(23)24/h2-8,10,16-17,21-22H,9H2,1H3. The number of aliphatic hydroxyl groups excluding tert-OH is 1. The largest absolute Gasteiger partial charge is 0.502 e. The van der Waals surface area contributed by atoms with E-state index in [9.17, 15) is 20.3 Å². The smallest absolute Gasteiger partial charge is 0.311 e. The number of phenolic OH excluding ortho intramolecular Hbond substituents is 1. The lowest BCUT2D eigenvalue weighted by Gasteiger charge is -2.25. The van der Waals surface area contributed by atoms with Crippen molar-refractivity contribution in [1.82, 2.24) is 4.90 Å². The van der Waals surface area contributed by atoms with Gasteiger partial charge in [-0.3, -0.25) is 15.0 Å². The van der Waals surface area contributed by atoms with Crippen molar-refractivity contribution in [3.63, 3.8) is 0 Å². The lowest BCUT2D eigenvalue weighted by atomic mass is 10.0. The van der Waals surface area contributed by atoms with Crippen LogP contribution in [0.3, 0.4) is 0 Å². The number of aromatic hydroxyl groups is 1. The number of thioether (sulfide) groups is 1. The Bertz CT molecular complexity index is 787. The fraction of sp³-hybridized carbons (Fsp3) is 0.294. The van der Waals surface area contributed by atoms with Gasteiger partial charge in [0.05, 0.1) is 4.92 Å². The van der Waals surface area contributed by atoms with E-state index in [-0.39, 0.29) is 22.7 Å². The molecule has 0 radical (unpaired) electrons. The second kappa shape index (κ2) is 7.21. The Morgan fingerprint density at radius 2 is 1.96 bits per heavy atom. The van der Waals surface area contributed by atoms with Gasteiger partial charge in [0.25, 0.3) is 0 Å². The molecule has 3 atom stereocenters. The second-order valence-electron chi connectivity index (χ2n) is 5.93. The van der Waals surface area contributed by atoms with Gasteiger partial charge in [-0.15, -0.1) is 11.8 Å². The summed E-state index contributed by atoms with van der Waals surface area (Å²) >= 11 is 7.36. The maximum atomic E-state index is 11.0. The van der Waals surface area contributed by atoms with Gasteiger partial charge in [0.2, 0.25) is 0 Å². The zero-order valence-corrected chi connectivity index (χ0v) is 14.9. The van der Waals surface area contributed by atoms with E-state index in [2.05, 4.69) is 0 Å². The Kier molecular flexibility index (Phi) is 5.19. The average molecular weight is 381 g/mol. The molecule has 25 heavy (non-hydrogen) atoms. The molecule has 2 aromatic rings. The Morgan fingerprint density at radius 3 is 2.60 bits per heavy atom. The number of rotatable bonds is 4. The summed E-state index contributed by atoms with van der Waals surface area (Å²) < 4.78 is 0. The lowest BCUT2D eigenvalue weighted by Crippen LogP contribution is -2.34. The first-order chi connectivity index (χ1) is 11.9. The predicted octanol–water partition coefficient (Wildman–Crippen LogP) is 3.91. The van der Waals surface area contributed by atoms with Crippen molar-refractivity contribution in [2.45, 2.75) is 30.3 Å². The normalized spacial score (nSPS) is 23.7.